The number of benzene rings is 1. The lowest BCUT2D eigenvalue weighted by Crippen LogP contribution is -2.40. The molecule has 0 aliphatic carbocycles. The van der Waals surface area contributed by atoms with Gasteiger partial charge < -0.3 is 10.1 Å². The molecule has 0 unspecified atom stereocenters. The summed E-state index contributed by atoms with van der Waals surface area (Å²) in [4.78, 5) is 8.28. The first-order chi connectivity index (χ1) is 10.8. The smallest absolute Gasteiger partial charge is 0.158 e. The Morgan fingerprint density at radius 2 is 1.91 bits per heavy atom. The molecule has 2 aromatic rings. The van der Waals surface area contributed by atoms with Crippen molar-refractivity contribution in [2.75, 3.05) is 25.1 Å². The van der Waals surface area contributed by atoms with E-state index in [0.717, 1.165) is 32.6 Å². The monoisotopic (exact) mass is 294 g/mol. The molecule has 0 bridgehead atoms. The van der Waals surface area contributed by atoms with Crippen LogP contribution in [0.15, 0.2) is 42.7 Å². The minimum absolute atomic E-state index is 0.0507. The second-order valence-corrected chi connectivity index (χ2v) is 5.51. The third-order valence-corrected chi connectivity index (χ3v) is 4.21. The van der Waals surface area contributed by atoms with Crippen molar-refractivity contribution in [3.05, 3.63) is 54.0 Å². The van der Waals surface area contributed by atoms with Crippen molar-refractivity contribution in [1.82, 2.24) is 9.97 Å². The molecule has 2 heterocycles. The second-order valence-electron chi connectivity index (χ2n) is 5.51. The molecule has 1 N–H and O–H groups in total. The molecule has 1 saturated heterocycles. The van der Waals surface area contributed by atoms with Crippen LogP contribution in [0.5, 0.6) is 0 Å². The van der Waals surface area contributed by atoms with Gasteiger partial charge in [-0.1, -0.05) is 30.3 Å². The van der Waals surface area contributed by atoms with Crippen LogP contribution in [0, 0.1) is 11.3 Å². The summed E-state index contributed by atoms with van der Waals surface area (Å²) in [6.07, 6.45) is 5.06. The Labute approximate surface area is 130 Å². The first-order valence-electron chi connectivity index (χ1n) is 7.42. The van der Waals surface area contributed by atoms with Crippen molar-refractivity contribution in [2.45, 2.75) is 18.3 Å². The van der Waals surface area contributed by atoms with Crippen LogP contribution >= 0.6 is 0 Å². The zero-order chi connectivity index (χ0) is 15.3. The van der Waals surface area contributed by atoms with Gasteiger partial charge in [-0.2, -0.15) is 5.26 Å². The van der Waals surface area contributed by atoms with Gasteiger partial charge in [0, 0.05) is 25.2 Å². The number of rotatable bonds is 4. The van der Waals surface area contributed by atoms with Crippen molar-refractivity contribution < 1.29 is 4.74 Å². The van der Waals surface area contributed by atoms with Gasteiger partial charge in [0.2, 0.25) is 0 Å². The molecule has 0 amide bonds. The number of hydrogen-bond acceptors (Lipinski definition) is 5. The number of ether oxygens (including phenoxy) is 1. The molecule has 1 fully saturated rings. The topological polar surface area (TPSA) is 70.8 Å². The number of aromatic nitrogens is 2. The lowest BCUT2D eigenvalue weighted by molar-refractivity contribution is 0.0543. The third kappa shape index (κ3) is 3.07. The Hall–Kier alpha value is -2.45. The maximum absolute atomic E-state index is 8.77. The molecule has 0 spiro atoms. The Morgan fingerprint density at radius 3 is 2.55 bits per heavy atom. The molecule has 1 aromatic carbocycles. The molecule has 1 aromatic heterocycles. The van der Waals surface area contributed by atoms with Gasteiger partial charge in [-0.3, -0.25) is 0 Å². The molecular weight excluding hydrogens is 276 g/mol. The van der Waals surface area contributed by atoms with E-state index >= 15 is 0 Å². The fraction of sp³-hybridized carbons (Fsp3) is 0.353. The predicted octanol–water partition coefficient (Wildman–Crippen LogP) is 2.51. The number of nitriles is 1. The van der Waals surface area contributed by atoms with Gasteiger partial charge >= 0.3 is 0 Å². The molecule has 0 radical (unpaired) electrons. The molecule has 1 aliphatic heterocycles. The molecule has 22 heavy (non-hydrogen) atoms. The van der Waals surface area contributed by atoms with Gasteiger partial charge in [0.1, 0.15) is 11.9 Å². The molecule has 0 saturated carbocycles. The van der Waals surface area contributed by atoms with E-state index in [1.807, 2.05) is 12.1 Å². The Bertz CT molecular complexity index is 643. The SMILES string of the molecule is N#Cc1cnc(NCC2(c3ccccc3)CCOCC2)cn1. The van der Waals surface area contributed by atoms with E-state index in [9.17, 15) is 0 Å². The summed E-state index contributed by atoms with van der Waals surface area (Å²) in [5, 5.41) is 12.1. The zero-order valence-corrected chi connectivity index (χ0v) is 12.3. The van der Waals surface area contributed by atoms with Crippen LogP contribution in [0.3, 0.4) is 0 Å². The average Bonchev–Trinajstić information content (AvgIpc) is 2.62. The largest absolute Gasteiger partial charge is 0.381 e. The van der Waals surface area contributed by atoms with Crippen molar-refractivity contribution in [3.8, 4) is 6.07 Å². The first-order valence-corrected chi connectivity index (χ1v) is 7.42. The highest BCUT2D eigenvalue weighted by molar-refractivity contribution is 5.36. The van der Waals surface area contributed by atoms with E-state index in [1.165, 1.54) is 11.8 Å². The highest BCUT2D eigenvalue weighted by atomic mass is 16.5. The standard InChI is InChI=1S/C17H18N4O/c18-10-15-11-20-16(12-19-15)21-13-17(6-8-22-9-7-17)14-4-2-1-3-5-14/h1-5,11-12H,6-9,13H2,(H,20,21). The number of hydrogen-bond donors (Lipinski definition) is 1. The molecular formula is C17H18N4O. The number of anilines is 1. The van der Waals surface area contributed by atoms with Crippen LogP contribution in [0.1, 0.15) is 24.1 Å². The van der Waals surface area contributed by atoms with E-state index in [1.54, 1.807) is 6.20 Å². The second kappa shape index (κ2) is 6.54. The molecule has 5 nitrogen and oxygen atoms in total. The van der Waals surface area contributed by atoms with Crippen LogP contribution in [-0.2, 0) is 10.2 Å². The Balaban J connectivity index is 1.77. The fourth-order valence-corrected chi connectivity index (χ4v) is 2.86. The van der Waals surface area contributed by atoms with E-state index in [4.69, 9.17) is 10.00 Å². The summed E-state index contributed by atoms with van der Waals surface area (Å²) in [6, 6.07) is 12.5. The van der Waals surface area contributed by atoms with Crippen molar-refractivity contribution in [2.24, 2.45) is 0 Å². The quantitative estimate of drug-likeness (QED) is 0.938. The predicted molar refractivity (Wildman–Crippen MR) is 83.4 cm³/mol. The number of nitrogens with one attached hydrogen (secondary N) is 1. The van der Waals surface area contributed by atoms with Crippen molar-refractivity contribution in [1.29, 1.82) is 5.26 Å². The van der Waals surface area contributed by atoms with E-state index in [2.05, 4.69) is 39.6 Å². The van der Waals surface area contributed by atoms with Crippen LogP contribution in [0.2, 0.25) is 0 Å². The Morgan fingerprint density at radius 1 is 1.14 bits per heavy atom. The van der Waals surface area contributed by atoms with Gasteiger partial charge in [0.25, 0.3) is 0 Å². The number of nitrogens with zero attached hydrogens (tertiary/aromatic N) is 3. The van der Waals surface area contributed by atoms with E-state index < -0.39 is 0 Å². The minimum Gasteiger partial charge on any atom is -0.381 e. The van der Waals surface area contributed by atoms with Crippen LogP contribution in [-0.4, -0.2) is 29.7 Å². The summed E-state index contributed by atoms with van der Waals surface area (Å²) < 4.78 is 5.54. The summed E-state index contributed by atoms with van der Waals surface area (Å²) in [7, 11) is 0. The highest BCUT2D eigenvalue weighted by Gasteiger charge is 2.34. The molecule has 3 rings (SSSR count). The average molecular weight is 294 g/mol. The molecule has 112 valence electrons. The maximum atomic E-state index is 8.77. The lowest BCUT2D eigenvalue weighted by Gasteiger charge is -2.38. The van der Waals surface area contributed by atoms with Crippen LogP contribution < -0.4 is 5.32 Å². The van der Waals surface area contributed by atoms with Crippen molar-refractivity contribution >= 4 is 5.82 Å². The minimum atomic E-state index is 0.0507. The molecule has 0 atom stereocenters. The lowest BCUT2D eigenvalue weighted by atomic mass is 9.74. The van der Waals surface area contributed by atoms with Gasteiger partial charge in [-0.05, 0) is 18.4 Å². The zero-order valence-electron chi connectivity index (χ0n) is 12.3. The normalized spacial score (nSPS) is 16.7. The van der Waals surface area contributed by atoms with Crippen LogP contribution in [0.25, 0.3) is 0 Å². The molecule has 5 heteroatoms. The van der Waals surface area contributed by atoms with Gasteiger partial charge in [-0.25, -0.2) is 9.97 Å². The first kappa shape index (κ1) is 14.5. The fourth-order valence-electron chi connectivity index (χ4n) is 2.86. The van der Waals surface area contributed by atoms with Crippen LogP contribution in [0.4, 0.5) is 5.82 Å². The van der Waals surface area contributed by atoms with Gasteiger partial charge in [0.05, 0.1) is 12.4 Å². The third-order valence-electron chi connectivity index (χ3n) is 4.21. The highest BCUT2D eigenvalue weighted by Crippen LogP contribution is 2.34. The maximum Gasteiger partial charge on any atom is 0.158 e. The Kier molecular flexibility index (Phi) is 4.31. The van der Waals surface area contributed by atoms with E-state index in [0.29, 0.717) is 11.5 Å². The van der Waals surface area contributed by atoms with Gasteiger partial charge in [0.15, 0.2) is 5.69 Å². The summed E-state index contributed by atoms with van der Waals surface area (Å²) in [5.74, 6) is 0.695. The van der Waals surface area contributed by atoms with Crippen molar-refractivity contribution in [3.63, 3.8) is 0 Å². The van der Waals surface area contributed by atoms with E-state index in [-0.39, 0.29) is 5.41 Å². The summed E-state index contributed by atoms with van der Waals surface area (Å²) in [6.45, 7) is 2.33. The molecule has 1 aliphatic rings. The summed E-state index contributed by atoms with van der Waals surface area (Å²) in [5.41, 5.74) is 1.71. The van der Waals surface area contributed by atoms with Gasteiger partial charge in [-0.15, -0.1) is 0 Å². The summed E-state index contributed by atoms with van der Waals surface area (Å²) >= 11 is 0.